The van der Waals surface area contributed by atoms with Crippen LogP contribution in [0.25, 0.3) is 21.8 Å². The molecule has 720 valence electrons. The Morgan fingerprint density at radius 2 is 1.08 bits per heavy atom. The Hall–Kier alpha value is -11.9. The van der Waals surface area contributed by atoms with Crippen LogP contribution in [0.15, 0.2) is 85.2 Å². The number of aliphatic hydroxyl groups excluding tert-OH is 1. The number of rotatable bonds is 24. The van der Waals surface area contributed by atoms with E-state index in [4.69, 9.17) is 34.5 Å². The van der Waals surface area contributed by atoms with Gasteiger partial charge >= 0.3 is 5.97 Å². The summed E-state index contributed by atoms with van der Waals surface area (Å²) in [6.07, 6.45) is 1.56. The molecule has 0 aliphatic carbocycles. The van der Waals surface area contributed by atoms with Crippen molar-refractivity contribution in [3.05, 3.63) is 107 Å². The summed E-state index contributed by atoms with van der Waals surface area (Å²) in [7, 11) is 2.76. The van der Waals surface area contributed by atoms with Gasteiger partial charge in [-0.15, -0.1) is 0 Å². The molecule has 132 heavy (non-hydrogen) atoms. The van der Waals surface area contributed by atoms with Crippen molar-refractivity contribution < 1.29 is 91.7 Å². The molecule has 4 fully saturated rings. The van der Waals surface area contributed by atoms with Crippen molar-refractivity contribution in [2.24, 2.45) is 40.7 Å². The number of aromatic nitrogens is 2. The predicted molar refractivity (Wildman–Crippen MR) is 490 cm³/mol. The van der Waals surface area contributed by atoms with E-state index in [1.165, 1.54) is 39.6 Å². The first kappa shape index (κ1) is 104. The van der Waals surface area contributed by atoms with E-state index in [1.54, 1.807) is 107 Å². The number of amides is 15. The highest BCUT2D eigenvalue weighted by atomic mass is 35.5. The Morgan fingerprint density at radius 3 is 1.71 bits per heavy atom. The van der Waals surface area contributed by atoms with Gasteiger partial charge in [0.1, 0.15) is 79.0 Å². The molecule has 38 nitrogen and oxygen atoms in total. The third kappa shape index (κ3) is 27.9. The van der Waals surface area contributed by atoms with Crippen LogP contribution in [0.5, 0.6) is 0 Å². The minimum Gasteiger partial charge on any atom is -0.480 e. The number of aliphatic hydroxyl groups is 1. The van der Waals surface area contributed by atoms with E-state index in [9.17, 15) is 53.4 Å². The maximum absolute atomic E-state index is 15.9. The van der Waals surface area contributed by atoms with Gasteiger partial charge in [0.05, 0.1) is 18.6 Å². The molecule has 0 saturated carbocycles. The van der Waals surface area contributed by atoms with E-state index < -0.39 is 223 Å². The summed E-state index contributed by atoms with van der Waals surface area (Å²) in [6.45, 7) is 9.05. The van der Waals surface area contributed by atoms with Crippen molar-refractivity contribution in [1.82, 2.24) is 76.6 Å². The number of Topliss-reactive ketones (excluding diaryl/α,β-unsaturated/α-hetero) is 1. The van der Waals surface area contributed by atoms with Crippen molar-refractivity contribution >= 4 is 134 Å². The van der Waals surface area contributed by atoms with Gasteiger partial charge in [-0.25, -0.2) is 0 Å². The molecule has 2 aromatic heterocycles. The number of ketones is 1. The van der Waals surface area contributed by atoms with Crippen LogP contribution in [0.3, 0.4) is 0 Å². The highest BCUT2D eigenvalue weighted by molar-refractivity contribution is 6.30. The number of fused-ring (bicyclic) bond motifs is 5. The van der Waals surface area contributed by atoms with Gasteiger partial charge < -0.3 is 110 Å². The lowest BCUT2D eigenvalue weighted by atomic mass is 9.90. The fourth-order valence-electron chi connectivity index (χ4n) is 18.1. The second kappa shape index (κ2) is 49.0. The number of para-hydroxylation sites is 2. The zero-order valence-electron chi connectivity index (χ0n) is 76.6. The molecule has 6 heterocycles. The van der Waals surface area contributed by atoms with Crippen molar-refractivity contribution in [1.29, 1.82) is 0 Å². The number of primary amides is 2. The van der Waals surface area contributed by atoms with Gasteiger partial charge in [-0.2, -0.15) is 0 Å². The van der Waals surface area contributed by atoms with E-state index in [0.29, 0.717) is 82.0 Å². The van der Waals surface area contributed by atoms with Crippen LogP contribution >= 0.6 is 11.6 Å². The van der Waals surface area contributed by atoms with E-state index in [-0.39, 0.29) is 128 Å². The number of halogens is 1. The quantitative estimate of drug-likeness (QED) is 0.0418. The molecule has 4 aliphatic heterocycles. The van der Waals surface area contributed by atoms with Gasteiger partial charge in [-0.3, -0.25) is 81.5 Å². The van der Waals surface area contributed by atoms with E-state index in [0.717, 1.165) is 9.80 Å². The molecule has 5 aromatic rings. The average Bonchev–Trinajstić information content (AvgIpc) is 1.63. The number of nitrogens with one attached hydrogen (secondary N) is 9. The lowest BCUT2D eigenvalue weighted by molar-refractivity contribution is -0.149. The number of unbranched alkanes of at least 4 members (excludes halogenated alkanes) is 2. The highest BCUT2D eigenvalue weighted by Crippen LogP contribution is 2.31. The molecular weight excluding hydrogens is 1720 g/mol. The number of hydrogen-bond donors (Lipinski definition) is 15. The molecule has 0 bridgehead atoms. The normalized spacial score (nSPS) is 25.8. The van der Waals surface area contributed by atoms with Crippen LogP contribution in [0.1, 0.15) is 187 Å². The van der Waals surface area contributed by atoms with E-state index in [2.05, 4.69) is 47.5 Å². The van der Waals surface area contributed by atoms with Crippen LogP contribution in [-0.2, 0) is 107 Å². The van der Waals surface area contributed by atoms with Crippen LogP contribution in [0, 0.1) is 17.8 Å². The highest BCUT2D eigenvalue weighted by Gasteiger charge is 2.47. The number of H-pyrrole nitrogens is 1. The molecule has 9 rings (SSSR count). The Balaban J connectivity index is 1.09. The Labute approximate surface area is 773 Å². The predicted octanol–water partition coefficient (Wildman–Crippen LogP) is 1.65. The lowest BCUT2D eigenvalue weighted by Gasteiger charge is -2.38. The van der Waals surface area contributed by atoms with Gasteiger partial charge in [-0.05, 0) is 143 Å². The number of likely N-dealkylation sites (N-methyl/N-ethyl adjacent to an activating group) is 2. The van der Waals surface area contributed by atoms with Crippen molar-refractivity contribution in [3.63, 3.8) is 0 Å². The zero-order chi connectivity index (χ0) is 96.5. The van der Waals surface area contributed by atoms with Crippen LogP contribution in [-0.4, -0.2) is 276 Å². The minimum atomic E-state index is -1.70. The van der Waals surface area contributed by atoms with Crippen molar-refractivity contribution in [3.8, 4) is 0 Å². The number of hydrogen-bond acceptors (Lipinski definition) is 20. The topological polar surface area (TPSA) is 568 Å². The second-order valence-electron chi connectivity index (χ2n) is 36.1. The van der Waals surface area contributed by atoms with Crippen LogP contribution in [0.2, 0.25) is 5.02 Å². The van der Waals surface area contributed by atoms with Gasteiger partial charge in [0, 0.05) is 118 Å². The molecular formula is C93H132ClN19O19. The minimum absolute atomic E-state index is 0.00357. The number of carbonyl (C=O) groups is 17. The standard InChI is InChI=1S/C93H132ClN19O19/c1-9-11-25-72-86(125)103-65(39-52(3)4)84(123)101-63(81(98)120)24-19-30-79(117)100-67(41-54-31-33-58(94)34-32-54)90(129)111-37-18-17-28-73(111)87(126)106-69(46-78(97)116)91(130)112-38-20-29-74(112)88(127)107-70(47-96)85(124)104-66(40-53(5)6)92(131)113-50-59(114)45-76(113)77(115)44-55(42-56-48-99-62-23-15-13-21-60(56)62)82(121)102-64(35-36-95)83(122)105-68(89(128)109(8)75(26-12-10-2)93(132)108(72)7)43-57-49-110(51-80(118)119)71-27-16-14-22-61(57)71/h13-16,21-23,27,31-34,48-49,52-53,55,59,63-70,72-76,99,114H,9-12,17-20,24-26,28-30,35-47,50-51,95-96H2,1-8H3,(H2,97,116)(H2,98,120)(H,100,117)(H,101,123)(H,102,121)(H,103,125)(H,104,124)(H,105,122)(H,106,126)(H,107,127)(H,118,119)/t55-,59-,63+,64+,65+,66+,67+,68+,69+,70+,72+,73+,74+,75+,76+/m1/s1. The van der Waals surface area contributed by atoms with Gasteiger partial charge in [-0.1, -0.05) is 127 Å². The molecule has 39 heteroatoms. The monoisotopic (exact) mass is 1850 g/mol. The Bertz CT molecular complexity index is 4960. The molecule has 4 aliphatic rings. The molecule has 15 atom stereocenters. The third-order valence-electron chi connectivity index (χ3n) is 25.1. The van der Waals surface area contributed by atoms with Crippen molar-refractivity contribution in [2.45, 2.75) is 280 Å². The number of nitrogens with two attached hydrogens (primary N) is 4. The number of piperidine rings is 1. The average molecular weight is 1860 g/mol. The molecule has 0 spiro atoms. The van der Waals surface area contributed by atoms with Crippen LogP contribution in [0.4, 0.5) is 0 Å². The smallest absolute Gasteiger partial charge is 0.323 e. The summed E-state index contributed by atoms with van der Waals surface area (Å²) in [6, 6.07) is 1.65. The first-order valence-electron chi connectivity index (χ1n) is 46.0. The summed E-state index contributed by atoms with van der Waals surface area (Å²) in [5, 5.41) is 45.1. The maximum atomic E-state index is 15.9. The Morgan fingerprint density at radius 1 is 0.523 bits per heavy atom. The molecule has 3 aromatic carbocycles. The number of carboxylic acid groups (broad SMARTS) is 1. The first-order chi connectivity index (χ1) is 62.8. The van der Waals surface area contributed by atoms with Crippen molar-refractivity contribution in [2.75, 3.05) is 46.8 Å². The zero-order valence-corrected chi connectivity index (χ0v) is 77.4. The summed E-state index contributed by atoms with van der Waals surface area (Å²) in [5.41, 5.74) is 26.9. The summed E-state index contributed by atoms with van der Waals surface area (Å²) >= 11 is 6.28. The number of nitrogens with zero attached hydrogens (tertiary/aromatic N) is 6. The van der Waals surface area contributed by atoms with Gasteiger partial charge in [0.2, 0.25) is 88.6 Å². The SMILES string of the molecule is CCCC[C@H]1C(=O)N(C)[C@@H](CCCC)C(=O)N[C@@H](CC(C)C)C(=O)N[C@H](C(N)=O)CCCC(=O)N[C@@H](Cc2ccc(Cl)cc2)C(=O)N2CCCC[C@H]2C(=O)N[C@@H](CC(N)=O)C(=O)N2CCC[C@H]2C(=O)N[C@@H](CN)C(=O)N[C@@H](CC(C)C)C(=O)N2C[C@H](O)C[C@H]2C(=O)C[C@@H](Cc2c[nH]c3ccccc23)C(=O)N[C@@H](CCN)C(=O)N[C@@H](Cc2cn(CC(=O)O)c3ccccc23)C(=O)N1C. The van der Waals surface area contributed by atoms with Gasteiger partial charge in [0.25, 0.3) is 0 Å². The molecule has 15 amide bonds. The number of carboxylic acids is 1. The summed E-state index contributed by atoms with van der Waals surface area (Å²) < 4.78 is 1.46. The first-order valence-corrected chi connectivity index (χ1v) is 46.4. The molecule has 4 saturated heterocycles. The third-order valence-corrected chi connectivity index (χ3v) is 25.3. The summed E-state index contributed by atoms with van der Waals surface area (Å²) in [4.78, 5) is 259. The van der Waals surface area contributed by atoms with E-state index in [1.807, 2.05) is 13.8 Å². The maximum Gasteiger partial charge on any atom is 0.323 e. The van der Waals surface area contributed by atoms with Crippen LogP contribution < -0.4 is 65.5 Å². The fourth-order valence-corrected chi connectivity index (χ4v) is 18.3. The lowest BCUT2D eigenvalue weighted by Crippen LogP contribution is -2.62. The van der Waals surface area contributed by atoms with Gasteiger partial charge in [0.15, 0.2) is 5.78 Å². The largest absolute Gasteiger partial charge is 0.480 e. The summed E-state index contributed by atoms with van der Waals surface area (Å²) in [5.74, 6) is -16.6. The second-order valence-corrected chi connectivity index (χ2v) is 36.5. The molecule has 19 N–H and O–H groups in total. The fraction of sp³-hybridized carbons (Fsp3) is 0.581. The number of aliphatic carboxylic acids is 1. The van der Waals surface area contributed by atoms with E-state index >= 15 is 38.4 Å². The molecule has 0 radical (unpaired) electrons. The Kier molecular flexibility index (Phi) is 38.5. The number of benzene rings is 3. The number of carbonyl (C=O) groups excluding carboxylic acids is 16. The number of aromatic amines is 1. The molecule has 0 unspecified atom stereocenters.